The summed E-state index contributed by atoms with van der Waals surface area (Å²) >= 11 is 12.3. The minimum absolute atomic E-state index is 0.0199. The van der Waals surface area contributed by atoms with Gasteiger partial charge < -0.3 is 4.52 Å². The highest BCUT2D eigenvalue weighted by Gasteiger charge is 2.23. The summed E-state index contributed by atoms with van der Waals surface area (Å²) in [4.78, 5) is 10.6. The Kier molecular flexibility index (Phi) is 4.22. The number of halogens is 2. The van der Waals surface area contributed by atoms with Crippen LogP contribution in [0.25, 0.3) is 11.3 Å². The lowest BCUT2D eigenvalue weighted by Gasteiger charge is -2.06. The van der Waals surface area contributed by atoms with E-state index in [1.54, 1.807) is 18.2 Å². The molecule has 0 radical (unpaired) electrons. The summed E-state index contributed by atoms with van der Waals surface area (Å²) in [6.45, 7) is 3.88. The largest absolute Gasteiger partial charge is 0.360 e. The van der Waals surface area contributed by atoms with E-state index in [1.165, 1.54) is 0 Å². The molecule has 0 atom stereocenters. The van der Waals surface area contributed by atoms with Crippen molar-refractivity contribution in [2.75, 3.05) is 0 Å². The van der Waals surface area contributed by atoms with Crippen LogP contribution in [-0.4, -0.2) is 5.16 Å². The first-order valence-corrected chi connectivity index (χ1v) is 6.53. The van der Waals surface area contributed by atoms with Crippen LogP contribution in [0.1, 0.15) is 31.1 Å². The topological polar surface area (TPSA) is 55.5 Å². The summed E-state index contributed by atoms with van der Waals surface area (Å²) in [5, 5.41) is 7.86. The number of benzene rings is 1. The van der Waals surface area contributed by atoms with Gasteiger partial charge in [-0.2, -0.15) is 4.91 Å². The Labute approximate surface area is 120 Å². The highest BCUT2D eigenvalue weighted by Crippen LogP contribution is 2.38. The van der Waals surface area contributed by atoms with Gasteiger partial charge in [-0.15, -0.1) is 0 Å². The molecule has 1 aromatic heterocycles. The fourth-order valence-corrected chi connectivity index (χ4v) is 2.49. The van der Waals surface area contributed by atoms with Gasteiger partial charge >= 0.3 is 0 Å². The maximum Gasteiger partial charge on any atom is 0.145 e. The van der Waals surface area contributed by atoms with E-state index < -0.39 is 0 Å². The molecule has 0 saturated heterocycles. The Morgan fingerprint density at radius 3 is 2.47 bits per heavy atom. The van der Waals surface area contributed by atoms with Crippen molar-refractivity contribution in [2.45, 2.75) is 26.3 Å². The lowest BCUT2D eigenvalue weighted by atomic mass is 10.0. The molecule has 1 heterocycles. The third-order valence-electron chi connectivity index (χ3n) is 2.77. The quantitative estimate of drug-likeness (QED) is 0.743. The zero-order valence-electron chi connectivity index (χ0n) is 10.5. The summed E-state index contributed by atoms with van der Waals surface area (Å²) < 4.78 is 5.31. The Morgan fingerprint density at radius 2 is 1.95 bits per heavy atom. The van der Waals surface area contributed by atoms with E-state index in [2.05, 4.69) is 10.3 Å². The molecular weight excluding hydrogens is 287 g/mol. The van der Waals surface area contributed by atoms with Gasteiger partial charge in [-0.05, 0) is 12.1 Å². The number of nitrogens with zero attached hydrogens (tertiary/aromatic N) is 2. The van der Waals surface area contributed by atoms with Crippen molar-refractivity contribution in [1.82, 2.24) is 5.16 Å². The smallest absolute Gasteiger partial charge is 0.145 e. The van der Waals surface area contributed by atoms with E-state index in [0.29, 0.717) is 32.6 Å². The van der Waals surface area contributed by atoms with Crippen LogP contribution in [0.5, 0.6) is 0 Å². The third-order valence-corrected chi connectivity index (χ3v) is 3.40. The SMILES string of the molecule is CC(C)c1onc(-c2c(Cl)cccc2Cl)c1CN=O. The van der Waals surface area contributed by atoms with Gasteiger partial charge in [0.2, 0.25) is 0 Å². The van der Waals surface area contributed by atoms with Crippen molar-refractivity contribution < 1.29 is 4.52 Å². The molecule has 19 heavy (non-hydrogen) atoms. The van der Waals surface area contributed by atoms with Crippen molar-refractivity contribution in [3.05, 3.63) is 44.5 Å². The summed E-state index contributed by atoms with van der Waals surface area (Å²) in [5.41, 5.74) is 1.69. The standard InChI is InChI=1S/C13H12Cl2N2O2/c1-7(2)13-8(6-16-18)12(17-19-13)11-9(14)4-3-5-10(11)15/h3-5,7H,6H2,1-2H3. The number of hydrogen-bond donors (Lipinski definition) is 0. The molecule has 0 aliphatic rings. The van der Waals surface area contributed by atoms with Crippen LogP contribution in [0.15, 0.2) is 27.9 Å². The maximum absolute atomic E-state index is 10.6. The van der Waals surface area contributed by atoms with E-state index in [0.717, 1.165) is 0 Å². The van der Waals surface area contributed by atoms with Crippen LogP contribution in [0.2, 0.25) is 10.0 Å². The second-order valence-electron chi connectivity index (χ2n) is 4.41. The van der Waals surface area contributed by atoms with Crippen LogP contribution in [0.3, 0.4) is 0 Å². The van der Waals surface area contributed by atoms with E-state index >= 15 is 0 Å². The highest BCUT2D eigenvalue weighted by molar-refractivity contribution is 6.39. The zero-order valence-corrected chi connectivity index (χ0v) is 12.0. The summed E-state index contributed by atoms with van der Waals surface area (Å²) in [7, 11) is 0. The van der Waals surface area contributed by atoms with Gasteiger partial charge in [0, 0.05) is 17.0 Å². The highest BCUT2D eigenvalue weighted by atomic mass is 35.5. The molecule has 0 fully saturated rings. The van der Waals surface area contributed by atoms with E-state index in [9.17, 15) is 4.91 Å². The molecule has 0 amide bonds. The minimum Gasteiger partial charge on any atom is -0.360 e. The average molecular weight is 299 g/mol. The van der Waals surface area contributed by atoms with Crippen LogP contribution in [0.4, 0.5) is 0 Å². The Hall–Kier alpha value is -1.39. The molecule has 0 bridgehead atoms. The Bertz CT molecular complexity index is 588. The summed E-state index contributed by atoms with van der Waals surface area (Å²) in [5.74, 6) is 0.727. The van der Waals surface area contributed by atoms with Crippen LogP contribution < -0.4 is 0 Å². The van der Waals surface area contributed by atoms with Gasteiger partial charge in [-0.25, -0.2) is 0 Å². The fraction of sp³-hybridized carbons (Fsp3) is 0.308. The molecule has 6 heteroatoms. The van der Waals surface area contributed by atoms with Crippen LogP contribution >= 0.6 is 23.2 Å². The molecule has 2 rings (SSSR count). The number of nitroso groups, excluding NO2 is 1. The summed E-state index contributed by atoms with van der Waals surface area (Å²) in [6.07, 6.45) is 0. The Morgan fingerprint density at radius 1 is 1.32 bits per heavy atom. The molecule has 0 aliphatic carbocycles. The number of rotatable bonds is 4. The summed E-state index contributed by atoms with van der Waals surface area (Å²) in [6, 6.07) is 5.17. The first kappa shape index (κ1) is 14.0. The molecule has 0 N–H and O–H groups in total. The van der Waals surface area contributed by atoms with Gasteiger partial charge in [0.05, 0.1) is 10.0 Å². The predicted octanol–water partition coefficient (Wildman–Crippen LogP) is 5.04. The molecule has 0 spiro atoms. The van der Waals surface area contributed by atoms with Crippen LogP contribution in [0, 0.1) is 4.91 Å². The normalized spacial score (nSPS) is 11.0. The van der Waals surface area contributed by atoms with Gasteiger partial charge in [-0.3, -0.25) is 0 Å². The van der Waals surface area contributed by atoms with Crippen LogP contribution in [-0.2, 0) is 6.54 Å². The second kappa shape index (κ2) is 5.72. The maximum atomic E-state index is 10.6. The predicted molar refractivity (Wildman–Crippen MR) is 75.5 cm³/mol. The average Bonchev–Trinajstić information content (AvgIpc) is 2.73. The van der Waals surface area contributed by atoms with Gasteiger partial charge in [0.1, 0.15) is 18.0 Å². The molecule has 4 nitrogen and oxygen atoms in total. The number of hydrogen-bond acceptors (Lipinski definition) is 4. The zero-order chi connectivity index (χ0) is 14.0. The molecule has 0 saturated carbocycles. The lowest BCUT2D eigenvalue weighted by molar-refractivity contribution is 0.371. The first-order valence-electron chi connectivity index (χ1n) is 5.78. The van der Waals surface area contributed by atoms with E-state index in [4.69, 9.17) is 27.7 Å². The molecule has 2 aromatic rings. The second-order valence-corrected chi connectivity index (χ2v) is 5.23. The molecule has 1 aromatic carbocycles. The number of aromatic nitrogens is 1. The molecule has 0 unspecified atom stereocenters. The van der Waals surface area contributed by atoms with Crippen molar-refractivity contribution in [3.8, 4) is 11.3 Å². The van der Waals surface area contributed by atoms with Gasteiger partial charge in [0.25, 0.3) is 0 Å². The van der Waals surface area contributed by atoms with Gasteiger partial charge in [0.15, 0.2) is 0 Å². The van der Waals surface area contributed by atoms with E-state index in [-0.39, 0.29) is 12.5 Å². The van der Waals surface area contributed by atoms with Crippen molar-refractivity contribution in [3.63, 3.8) is 0 Å². The van der Waals surface area contributed by atoms with Crippen molar-refractivity contribution in [2.24, 2.45) is 5.18 Å². The third kappa shape index (κ3) is 2.65. The van der Waals surface area contributed by atoms with Crippen molar-refractivity contribution >= 4 is 23.2 Å². The molecule has 100 valence electrons. The monoisotopic (exact) mass is 298 g/mol. The Balaban J connectivity index is 2.65. The molecular formula is C13H12Cl2N2O2. The lowest BCUT2D eigenvalue weighted by Crippen LogP contribution is -1.93. The molecule has 0 aliphatic heterocycles. The first-order chi connectivity index (χ1) is 9.06. The fourth-order valence-electron chi connectivity index (χ4n) is 1.91. The van der Waals surface area contributed by atoms with Gasteiger partial charge in [-0.1, -0.05) is 53.4 Å². The van der Waals surface area contributed by atoms with Crippen molar-refractivity contribution in [1.29, 1.82) is 0 Å². The minimum atomic E-state index is -0.0199. The van der Waals surface area contributed by atoms with E-state index in [1.807, 2.05) is 13.8 Å².